The van der Waals surface area contributed by atoms with Crippen molar-refractivity contribution < 1.29 is 19.0 Å². The molecule has 0 bridgehead atoms. The van der Waals surface area contributed by atoms with Crippen LogP contribution in [0.3, 0.4) is 0 Å². The summed E-state index contributed by atoms with van der Waals surface area (Å²) in [6.45, 7) is 0.750. The van der Waals surface area contributed by atoms with Crippen LogP contribution >= 0.6 is 0 Å². The van der Waals surface area contributed by atoms with Crippen LogP contribution in [-0.4, -0.2) is 35.1 Å². The average molecular weight is 380 g/mol. The van der Waals surface area contributed by atoms with E-state index in [1.807, 2.05) is 24.3 Å². The number of anilines is 1. The van der Waals surface area contributed by atoms with Gasteiger partial charge in [0.15, 0.2) is 5.69 Å². The van der Waals surface area contributed by atoms with Gasteiger partial charge in [0.25, 0.3) is 5.91 Å². The van der Waals surface area contributed by atoms with Gasteiger partial charge >= 0.3 is 0 Å². The second-order valence-electron chi connectivity index (χ2n) is 6.32. The Labute approximate surface area is 162 Å². The summed E-state index contributed by atoms with van der Waals surface area (Å²) in [6.07, 6.45) is -0.155. The molecule has 3 aromatic rings. The maximum absolute atomic E-state index is 12.6. The van der Waals surface area contributed by atoms with Crippen LogP contribution in [0.25, 0.3) is 0 Å². The molecular formula is C20H20N4O4. The van der Waals surface area contributed by atoms with Crippen molar-refractivity contribution in [2.45, 2.75) is 19.3 Å². The summed E-state index contributed by atoms with van der Waals surface area (Å²) in [7, 11) is 3.22. The van der Waals surface area contributed by atoms with Gasteiger partial charge in [0, 0.05) is 5.69 Å². The van der Waals surface area contributed by atoms with Gasteiger partial charge in [-0.05, 0) is 42.0 Å². The second kappa shape index (κ2) is 7.69. The number of hydrogen-bond acceptors (Lipinski definition) is 6. The number of rotatable bonds is 5. The Morgan fingerprint density at radius 3 is 2.36 bits per heavy atom. The number of amides is 1. The Bertz CT molecular complexity index is 967. The first kappa shape index (κ1) is 18.0. The first-order valence-corrected chi connectivity index (χ1v) is 8.81. The topological polar surface area (TPSA) is 87.5 Å². The molecule has 0 unspecified atom stereocenters. The Morgan fingerprint density at radius 1 is 1.07 bits per heavy atom. The number of methoxy groups -OCH3 is 2. The molecule has 1 amide bonds. The SMILES string of the molecule is COc1ccc(NC(=O)c2nnn3c2CO[C@H](c2ccc(OC)cc2)C3)cc1. The van der Waals surface area contributed by atoms with E-state index in [-0.39, 0.29) is 24.3 Å². The summed E-state index contributed by atoms with van der Waals surface area (Å²) in [5.74, 6) is 1.19. The molecule has 0 saturated carbocycles. The molecule has 1 aliphatic heterocycles. The Hall–Kier alpha value is -3.39. The third-order valence-corrected chi connectivity index (χ3v) is 4.65. The van der Waals surface area contributed by atoms with Crippen molar-refractivity contribution in [2.75, 3.05) is 19.5 Å². The number of carbonyl (C=O) groups excluding carboxylic acids is 1. The van der Waals surface area contributed by atoms with Crippen LogP contribution in [0, 0.1) is 0 Å². The molecule has 1 aromatic heterocycles. The van der Waals surface area contributed by atoms with E-state index in [1.165, 1.54) is 0 Å². The third kappa shape index (κ3) is 3.54. The molecule has 1 atom stereocenters. The molecule has 1 aliphatic rings. The van der Waals surface area contributed by atoms with Crippen LogP contribution in [0.4, 0.5) is 5.69 Å². The maximum atomic E-state index is 12.6. The number of carbonyl (C=O) groups is 1. The largest absolute Gasteiger partial charge is 0.497 e. The van der Waals surface area contributed by atoms with Crippen LogP contribution in [0.15, 0.2) is 48.5 Å². The van der Waals surface area contributed by atoms with Crippen molar-refractivity contribution in [1.29, 1.82) is 0 Å². The van der Waals surface area contributed by atoms with E-state index in [2.05, 4.69) is 15.6 Å². The monoisotopic (exact) mass is 380 g/mol. The average Bonchev–Trinajstić information content (AvgIpc) is 3.18. The minimum atomic E-state index is -0.321. The van der Waals surface area contributed by atoms with E-state index >= 15 is 0 Å². The lowest BCUT2D eigenvalue weighted by atomic mass is 10.1. The molecule has 0 radical (unpaired) electrons. The number of benzene rings is 2. The molecular weight excluding hydrogens is 360 g/mol. The Kier molecular flexibility index (Phi) is 4.94. The zero-order chi connectivity index (χ0) is 19.5. The molecule has 0 fully saturated rings. The van der Waals surface area contributed by atoms with Crippen molar-refractivity contribution in [2.24, 2.45) is 0 Å². The van der Waals surface area contributed by atoms with Crippen LogP contribution in [0.1, 0.15) is 27.8 Å². The highest BCUT2D eigenvalue weighted by atomic mass is 16.5. The van der Waals surface area contributed by atoms with Crippen molar-refractivity contribution >= 4 is 11.6 Å². The highest BCUT2D eigenvalue weighted by Crippen LogP contribution is 2.28. The minimum Gasteiger partial charge on any atom is -0.497 e. The summed E-state index contributed by atoms with van der Waals surface area (Å²) in [6, 6.07) is 14.8. The van der Waals surface area contributed by atoms with Gasteiger partial charge < -0.3 is 19.5 Å². The fourth-order valence-electron chi connectivity index (χ4n) is 3.07. The lowest BCUT2D eigenvalue weighted by molar-refractivity contribution is -0.00173. The molecule has 2 heterocycles. The molecule has 2 aromatic carbocycles. The molecule has 0 aliphatic carbocycles. The van der Waals surface area contributed by atoms with Gasteiger partial charge in [0.05, 0.1) is 33.1 Å². The van der Waals surface area contributed by atoms with Gasteiger partial charge in [-0.3, -0.25) is 4.79 Å². The van der Waals surface area contributed by atoms with Crippen molar-refractivity contribution in [3.05, 3.63) is 65.5 Å². The number of hydrogen-bond donors (Lipinski definition) is 1. The highest BCUT2D eigenvalue weighted by Gasteiger charge is 2.27. The van der Waals surface area contributed by atoms with Gasteiger partial charge in [-0.1, -0.05) is 17.3 Å². The number of ether oxygens (including phenoxy) is 3. The summed E-state index contributed by atoms with van der Waals surface area (Å²) in [4.78, 5) is 12.6. The van der Waals surface area contributed by atoms with Crippen molar-refractivity contribution in [3.8, 4) is 11.5 Å². The number of nitrogens with one attached hydrogen (secondary N) is 1. The maximum Gasteiger partial charge on any atom is 0.278 e. The van der Waals surface area contributed by atoms with Crippen molar-refractivity contribution in [3.63, 3.8) is 0 Å². The van der Waals surface area contributed by atoms with Gasteiger partial charge in [-0.15, -0.1) is 5.10 Å². The van der Waals surface area contributed by atoms with Crippen LogP contribution < -0.4 is 14.8 Å². The minimum absolute atomic E-state index is 0.155. The van der Waals surface area contributed by atoms with E-state index in [4.69, 9.17) is 14.2 Å². The Morgan fingerprint density at radius 2 is 1.71 bits per heavy atom. The van der Waals surface area contributed by atoms with E-state index in [0.29, 0.717) is 17.9 Å². The van der Waals surface area contributed by atoms with Crippen LogP contribution in [-0.2, 0) is 17.9 Å². The molecule has 0 saturated heterocycles. The molecule has 4 rings (SSSR count). The first-order chi connectivity index (χ1) is 13.7. The third-order valence-electron chi connectivity index (χ3n) is 4.65. The summed E-state index contributed by atoms with van der Waals surface area (Å²) >= 11 is 0. The predicted octanol–water partition coefficient (Wildman–Crippen LogP) is 2.82. The van der Waals surface area contributed by atoms with Crippen LogP contribution in [0.2, 0.25) is 0 Å². The van der Waals surface area contributed by atoms with Gasteiger partial charge in [-0.25, -0.2) is 4.68 Å². The summed E-state index contributed by atoms with van der Waals surface area (Å²) in [5, 5.41) is 11.0. The second-order valence-corrected chi connectivity index (χ2v) is 6.32. The fraction of sp³-hybridized carbons (Fsp3) is 0.250. The zero-order valence-corrected chi connectivity index (χ0v) is 15.6. The number of aromatic nitrogens is 3. The van der Waals surface area contributed by atoms with Crippen molar-refractivity contribution in [1.82, 2.24) is 15.0 Å². The number of nitrogens with zero attached hydrogens (tertiary/aromatic N) is 3. The smallest absolute Gasteiger partial charge is 0.278 e. The standard InChI is InChI=1S/C20H20N4O4/c1-26-15-7-3-13(4-8-15)18-11-24-17(12-28-18)19(22-23-24)20(25)21-14-5-9-16(27-2)10-6-14/h3-10,18H,11-12H2,1-2H3,(H,21,25)/t18-/m0/s1. The molecule has 0 spiro atoms. The molecule has 28 heavy (non-hydrogen) atoms. The lowest BCUT2D eigenvalue weighted by Gasteiger charge is -2.24. The lowest BCUT2D eigenvalue weighted by Crippen LogP contribution is -2.24. The molecule has 144 valence electrons. The Balaban J connectivity index is 1.47. The normalized spacial score (nSPS) is 15.6. The quantitative estimate of drug-likeness (QED) is 0.732. The van der Waals surface area contributed by atoms with Gasteiger partial charge in [-0.2, -0.15) is 0 Å². The van der Waals surface area contributed by atoms with E-state index in [0.717, 1.165) is 17.1 Å². The fourth-order valence-corrected chi connectivity index (χ4v) is 3.07. The molecule has 8 nitrogen and oxygen atoms in total. The highest BCUT2D eigenvalue weighted by molar-refractivity contribution is 6.03. The molecule has 1 N–H and O–H groups in total. The van der Waals surface area contributed by atoms with E-state index in [9.17, 15) is 4.79 Å². The molecule has 8 heteroatoms. The van der Waals surface area contributed by atoms with Gasteiger partial charge in [0.1, 0.15) is 17.6 Å². The van der Waals surface area contributed by atoms with E-state index in [1.54, 1.807) is 43.2 Å². The predicted molar refractivity (Wildman–Crippen MR) is 101 cm³/mol. The van der Waals surface area contributed by atoms with E-state index < -0.39 is 0 Å². The first-order valence-electron chi connectivity index (χ1n) is 8.81. The van der Waals surface area contributed by atoms with Gasteiger partial charge in [0.2, 0.25) is 0 Å². The van der Waals surface area contributed by atoms with Crippen LogP contribution in [0.5, 0.6) is 11.5 Å². The summed E-state index contributed by atoms with van der Waals surface area (Å²) in [5.41, 5.74) is 2.60. The number of fused-ring (bicyclic) bond motifs is 1. The zero-order valence-electron chi connectivity index (χ0n) is 15.6. The summed E-state index contributed by atoms with van der Waals surface area (Å²) < 4.78 is 18.0.